The van der Waals surface area contributed by atoms with Crippen LogP contribution in [0.25, 0.3) is 16.9 Å². The summed E-state index contributed by atoms with van der Waals surface area (Å²) >= 11 is 1.78. The molecule has 0 aliphatic carbocycles. The molecule has 1 aliphatic heterocycles. The summed E-state index contributed by atoms with van der Waals surface area (Å²) in [4.78, 5) is 7.31. The molecule has 4 rings (SSSR count). The zero-order valence-electron chi connectivity index (χ0n) is 16.9. The van der Waals surface area contributed by atoms with E-state index in [1.165, 1.54) is 22.2 Å². The van der Waals surface area contributed by atoms with Gasteiger partial charge in [0.05, 0.1) is 5.69 Å². The maximum absolute atomic E-state index is 14.4. The minimum absolute atomic E-state index is 0.254. The SMILES string of the molecule is Cc1cc(-c2nn(-c3ccccc3F)cc2CN2CC[C@@H](N(C)C)C2)c(C)s1. The lowest BCUT2D eigenvalue weighted by atomic mass is 10.1. The molecule has 148 valence electrons. The first-order valence-corrected chi connectivity index (χ1v) is 10.5. The summed E-state index contributed by atoms with van der Waals surface area (Å²) in [5.74, 6) is -0.254. The highest BCUT2D eigenvalue weighted by molar-refractivity contribution is 7.12. The van der Waals surface area contributed by atoms with Crippen LogP contribution in [-0.2, 0) is 6.54 Å². The van der Waals surface area contributed by atoms with Crippen LogP contribution in [-0.4, -0.2) is 52.8 Å². The van der Waals surface area contributed by atoms with Gasteiger partial charge >= 0.3 is 0 Å². The second-order valence-corrected chi connectivity index (χ2v) is 9.33. The molecule has 0 radical (unpaired) electrons. The minimum Gasteiger partial charge on any atom is -0.305 e. The lowest BCUT2D eigenvalue weighted by Crippen LogP contribution is -2.31. The summed E-state index contributed by atoms with van der Waals surface area (Å²) in [6, 6.07) is 9.61. The first-order valence-electron chi connectivity index (χ1n) is 9.72. The van der Waals surface area contributed by atoms with Gasteiger partial charge in [-0.3, -0.25) is 4.90 Å². The maximum atomic E-state index is 14.4. The van der Waals surface area contributed by atoms with Crippen LogP contribution in [0.2, 0.25) is 0 Å². The van der Waals surface area contributed by atoms with Crippen molar-refractivity contribution in [2.75, 3.05) is 27.2 Å². The highest BCUT2D eigenvalue weighted by Crippen LogP contribution is 2.33. The quantitative estimate of drug-likeness (QED) is 0.633. The second-order valence-electron chi connectivity index (χ2n) is 7.87. The van der Waals surface area contributed by atoms with Crippen molar-refractivity contribution in [2.45, 2.75) is 32.9 Å². The fraction of sp³-hybridized carbons (Fsp3) is 0.409. The summed E-state index contributed by atoms with van der Waals surface area (Å²) in [6.45, 7) is 7.23. The fourth-order valence-corrected chi connectivity index (χ4v) is 4.92. The topological polar surface area (TPSA) is 24.3 Å². The highest BCUT2D eigenvalue weighted by Gasteiger charge is 2.26. The Morgan fingerprint density at radius 2 is 2.04 bits per heavy atom. The molecular formula is C22H27FN4S. The van der Waals surface area contributed by atoms with E-state index in [0.717, 1.165) is 36.5 Å². The zero-order chi connectivity index (χ0) is 19.8. The Bertz CT molecular complexity index is 975. The molecule has 28 heavy (non-hydrogen) atoms. The Balaban J connectivity index is 1.72. The smallest absolute Gasteiger partial charge is 0.148 e. The molecule has 3 heterocycles. The standard InChI is InChI=1S/C22H27FN4S/c1-15-11-19(16(2)28-15)22-17(12-26-10-9-18(14-26)25(3)4)13-27(24-22)21-8-6-5-7-20(21)23/h5-8,11,13,18H,9-10,12,14H2,1-4H3/t18-/m1/s1. The highest BCUT2D eigenvalue weighted by atomic mass is 32.1. The summed E-state index contributed by atoms with van der Waals surface area (Å²) in [5.41, 5.74) is 3.78. The van der Waals surface area contributed by atoms with Crippen molar-refractivity contribution in [2.24, 2.45) is 0 Å². The first kappa shape index (κ1) is 19.3. The van der Waals surface area contributed by atoms with Crippen LogP contribution >= 0.6 is 11.3 Å². The minimum atomic E-state index is -0.254. The van der Waals surface area contributed by atoms with Crippen LogP contribution in [0.5, 0.6) is 0 Å². The molecule has 3 aromatic rings. The van der Waals surface area contributed by atoms with Gasteiger partial charge in [-0.15, -0.1) is 11.3 Å². The molecule has 0 unspecified atom stereocenters. The van der Waals surface area contributed by atoms with E-state index in [9.17, 15) is 4.39 Å². The summed E-state index contributed by atoms with van der Waals surface area (Å²) in [5, 5.41) is 4.83. The van der Waals surface area contributed by atoms with Gasteiger partial charge in [0, 0.05) is 52.8 Å². The Kier molecular flexibility index (Phi) is 5.36. The van der Waals surface area contributed by atoms with E-state index in [4.69, 9.17) is 5.10 Å². The van der Waals surface area contributed by atoms with Crippen molar-refractivity contribution in [1.29, 1.82) is 0 Å². The van der Waals surface area contributed by atoms with Crippen LogP contribution in [0, 0.1) is 19.7 Å². The largest absolute Gasteiger partial charge is 0.305 e. The number of likely N-dealkylation sites (N-methyl/N-ethyl adjacent to an activating group) is 1. The Morgan fingerprint density at radius 1 is 1.25 bits per heavy atom. The normalized spacial score (nSPS) is 17.7. The van der Waals surface area contributed by atoms with Crippen molar-refractivity contribution in [3.63, 3.8) is 0 Å². The van der Waals surface area contributed by atoms with Gasteiger partial charge in [-0.05, 0) is 52.6 Å². The Hall–Kier alpha value is -2.02. The van der Waals surface area contributed by atoms with Gasteiger partial charge in [-0.25, -0.2) is 9.07 Å². The van der Waals surface area contributed by atoms with Crippen molar-refractivity contribution in [1.82, 2.24) is 19.6 Å². The van der Waals surface area contributed by atoms with E-state index in [0.29, 0.717) is 11.7 Å². The third-order valence-electron chi connectivity index (χ3n) is 5.56. The van der Waals surface area contributed by atoms with Crippen LogP contribution < -0.4 is 0 Å². The van der Waals surface area contributed by atoms with Gasteiger partial charge in [-0.1, -0.05) is 12.1 Å². The Labute approximate surface area is 170 Å². The molecule has 1 saturated heterocycles. The molecule has 2 aromatic heterocycles. The molecule has 0 saturated carbocycles. The number of nitrogens with zero attached hydrogens (tertiary/aromatic N) is 4. The fourth-order valence-electron chi connectivity index (χ4n) is 4.00. The van der Waals surface area contributed by atoms with Crippen molar-refractivity contribution >= 4 is 11.3 Å². The summed E-state index contributed by atoms with van der Waals surface area (Å²) < 4.78 is 16.1. The Morgan fingerprint density at radius 3 is 2.68 bits per heavy atom. The molecular weight excluding hydrogens is 371 g/mol. The van der Waals surface area contributed by atoms with E-state index in [-0.39, 0.29) is 5.82 Å². The van der Waals surface area contributed by atoms with Crippen molar-refractivity contribution in [3.8, 4) is 16.9 Å². The van der Waals surface area contributed by atoms with Gasteiger partial charge in [0.2, 0.25) is 0 Å². The number of aryl methyl sites for hydroxylation is 2. The number of rotatable bonds is 5. The monoisotopic (exact) mass is 398 g/mol. The number of thiophene rings is 1. The molecule has 1 aliphatic rings. The molecule has 0 amide bonds. The van der Waals surface area contributed by atoms with Crippen LogP contribution in [0.4, 0.5) is 4.39 Å². The van der Waals surface area contributed by atoms with E-state index >= 15 is 0 Å². The van der Waals surface area contributed by atoms with Crippen molar-refractivity contribution < 1.29 is 4.39 Å². The predicted molar refractivity (Wildman–Crippen MR) is 114 cm³/mol. The lowest BCUT2D eigenvalue weighted by Gasteiger charge is -2.20. The third-order valence-corrected chi connectivity index (χ3v) is 6.52. The molecule has 0 spiro atoms. The van der Waals surface area contributed by atoms with Crippen LogP contribution in [0.1, 0.15) is 21.7 Å². The van der Waals surface area contributed by atoms with E-state index in [1.807, 2.05) is 12.3 Å². The first-order chi connectivity index (χ1) is 13.4. The number of halogens is 1. The van der Waals surface area contributed by atoms with Crippen LogP contribution in [0.15, 0.2) is 36.5 Å². The average Bonchev–Trinajstić information content (AvgIpc) is 3.35. The zero-order valence-corrected chi connectivity index (χ0v) is 17.8. The van der Waals surface area contributed by atoms with Crippen LogP contribution in [0.3, 0.4) is 0 Å². The van der Waals surface area contributed by atoms with E-state index in [1.54, 1.807) is 28.2 Å². The van der Waals surface area contributed by atoms with Crippen molar-refractivity contribution in [3.05, 3.63) is 57.7 Å². The number of hydrogen-bond acceptors (Lipinski definition) is 4. The van der Waals surface area contributed by atoms with E-state index < -0.39 is 0 Å². The second kappa shape index (κ2) is 7.78. The molecule has 0 N–H and O–H groups in total. The number of aromatic nitrogens is 2. The molecule has 1 fully saturated rings. The number of hydrogen-bond donors (Lipinski definition) is 0. The van der Waals surface area contributed by atoms with Gasteiger partial charge in [0.25, 0.3) is 0 Å². The molecule has 1 aromatic carbocycles. The third kappa shape index (κ3) is 3.77. The number of benzene rings is 1. The average molecular weight is 399 g/mol. The molecule has 0 bridgehead atoms. The van der Waals surface area contributed by atoms with Gasteiger partial charge in [0.1, 0.15) is 11.5 Å². The molecule has 4 nitrogen and oxygen atoms in total. The molecule has 1 atom stereocenters. The predicted octanol–water partition coefficient (Wildman–Crippen LogP) is 4.49. The van der Waals surface area contributed by atoms with Gasteiger partial charge < -0.3 is 4.90 Å². The van der Waals surface area contributed by atoms with Gasteiger partial charge in [0.15, 0.2) is 0 Å². The lowest BCUT2D eigenvalue weighted by molar-refractivity contribution is 0.265. The van der Waals surface area contributed by atoms with Gasteiger partial charge in [-0.2, -0.15) is 5.10 Å². The molecule has 6 heteroatoms. The number of para-hydroxylation sites is 1. The summed E-state index contributed by atoms with van der Waals surface area (Å²) in [7, 11) is 4.29. The van der Waals surface area contributed by atoms with E-state index in [2.05, 4.69) is 43.8 Å². The summed E-state index contributed by atoms with van der Waals surface area (Å²) in [6.07, 6.45) is 3.18. The maximum Gasteiger partial charge on any atom is 0.148 e. The number of likely N-dealkylation sites (tertiary alicyclic amines) is 1.